The highest BCUT2D eigenvalue weighted by Gasteiger charge is 2.07. The van der Waals surface area contributed by atoms with Gasteiger partial charge in [-0.05, 0) is 17.4 Å². The van der Waals surface area contributed by atoms with Crippen LogP contribution in [0.15, 0.2) is 15.7 Å². The van der Waals surface area contributed by atoms with Crippen molar-refractivity contribution in [2.45, 2.75) is 17.6 Å². The Morgan fingerprint density at radius 3 is 2.80 bits per heavy atom. The zero-order valence-electron chi connectivity index (χ0n) is 5.66. The SMILES string of the molecule is CCc1csc([S@+](N)[O-])c1. The van der Waals surface area contributed by atoms with E-state index in [4.69, 9.17) is 5.14 Å². The van der Waals surface area contributed by atoms with E-state index in [1.807, 2.05) is 11.4 Å². The highest BCUT2D eigenvalue weighted by atomic mass is 32.2. The Morgan fingerprint density at radius 1 is 1.80 bits per heavy atom. The summed E-state index contributed by atoms with van der Waals surface area (Å²) in [5.74, 6) is 0. The zero-order valence-corrected chi connectivity index (χ0v) is 7.30. The van der Waals surface area contributed by atoms with E-state index >= 15 is 0 Å². The quantitative estimate of drug-likeness (QED) is 0.689. The summed E-state index contributed by atoms with van der Waals surface area (Å²) >= 11 is 0.166. The lowest BCUT2D eigenvalue weighted by Crippen LogP contribution is -2.09. The average molecular weight is 175 g/mol. The van der Waals surface area contributed by atoms with Gasteiger partial charge in [-0.2, -0.15) is 0 Å². The maximum absolute atomic E-state index is 10.7. The lowest BCUT2D eigenvalue weighted by molar-refractivity contribution is 0.598. The molecule has 0 aliphatic heterocycles. The van der Waals surface area contributed by atoms with E-state index in [9.17, 15) is 4.55 Å². The fraction of sp³-hybridized carbons (Fsp3) is 0.333. The van der Waals surface area contributed by atoms with Gasteiger partial charge in [0.25, 0.3) is 0 Å². The Kier molecular flexibility index (Phi) is 2.73. The van der Waals surface area contributed by atoms with Crippen LogP contribution in [0.25, 0.3) is 0 Å². The maximum atomic E-state index is 10.7. The summed E-state index contributed by atoms with van der Waals surface area (Å²) in [5.41, 5.74) is 1.21. The molecule has 0 spiro atoms. The number of aryl methyl sites for hydroxylation is 1. The molecule has 0 radical (unpaired) electrons. The van der Waals surface area contributed by atoms with E-state index in [0.29, 0.717) is 0 Å². The Hall–Kier alpha value is -0.0300. The molecule has 0 amide bonds. The highest BCUT2D eigenvalue weighted by Crippen LogP contribution is 2.18. The fourth-order valence-corrected chi connectivity index (χ4v) is 2.16. The van der Waals surface area contributed by atoms with E-state index in [2.05, 4.69) is 6.92 Å². The summed E-state index contributed by atoms with van der Waals surface area (Å²) in [7, 11) is 0. The summed E-state index contributed by atoms with van der Waals surface area (Å²) < 4.78 is 11.4. The number of thiophene rings is 1. The molecular formula is C6H9NOS2. The van der Waals surface area contributed by atoms with E-state index in [1.54, 1.807) is 0 Å². The molecule has 0 fully saturated rings. The molecule has 0 unspecified atom stereocenters. The number of nitrogens with two attached hydrogens (primary N) is 1. The normalized spacial score (nSPS) is 13.5. The summed E-state index contributed by atoms with van der Waals surface area (Å²) in [6.45, 7) is 2.06. The van der Waals surface area contributed by atoms with Gasteiger partial charge < -0.3 is 4.55 Å². The van der Waals surface area contributed by atoms with Crippen molar-refractivity contribution in [2.24, 2.45) is 5.14 Å². The lowest BCUT2D eigenvalue weighted by Gasteiger charge is -1.95. The first-order valence-corrected chi connectivity index (χ1v) is 5.07. The van der Waals surface area contributed by atoms with Crippen molar-refractivity contribution in [1.29, 1.82) is 0 Å². The zero-order chi connectivity index (χ0) is 7.56. The minimum Gasteiger partial charge on any atom is -0.592 e. The number of hydrogen-bond donors (Lipinski definition) is 1. The van der Waals surface area contributed by atoms with Crippen LogP contribution in [-0.2, 0) is 17.8 Å². The Morgan fingerprint density at radius 2 is 2.50 bits per heavy atom. The molecule has 0 aliphatic carbocycles. The first kappa shape index (κ1) is 8.07. The van der Waals surface area contributed by atoms with Crippen LogP contribution in [0.1, 0.15) is 12.5 Å². The summed E-state index contributed by atoms with van der Waals surface area (Å²) in [4.78, 5) is 0. The molecule has 2 N–H and O–H groups in total. The first-order valence-electron chi connectivity index (χ1n) is 2.97. The maximum Gasteiger partial charge on any atom is 0.227 e. The minimum absolute atomic E-state index is 0.761. The standard InChI is InChI=1S/C6H9NOS2/c1-2-5-3-6(9-4-5)10(7)8/h3-4H,2,7H2,1H3/t10-/m1/s1. The second-order valence-electron chi connectivity index (χ2n) is 1.92. The van der Waals surface area contributed by atoms with E-state index in [1.165, 1.54) is 16.9 Å². The fourth-order valence-electron chi connectivity index (χ4n) is 0.644. The van der Waals surface area contributed by atoms with Crippen molar-refractivity contribution in [3.8, 4) is 0 Å². The summed E-state index contributed by atoms with van der Waals surface area (Å²) in [5, 5.41) is 7.15. The van der Waals surface area contributed by atoms with Crippen LogP contribution in [0.2, 0.25) is 0 Å². The molecule has 1 rings (SSSR count). The van der Waals surface area contributed by atoms with Gasteiger partial charge in [-0.1, -0.05) is 18.3 Å². The van der Waals surface area contributed by atoms with Gasteiger partial charge in [-0.15, -0.1) is 5.14 Å². The van der Waals surface area contributed by atoms with Crippen LogP contribution in [0.4, 0.5) is 0 Å². The molecule has 0 aromatic carbocycles. The van der Waals surface area contributed by atoms with Crippen LogP contribution in [0.5, 0.6) is 0 Å². The minimum atomic E-state index is -1.29. The molecule has 0 aliphatic rings. The second kappa shape index (κ2) is 3.39. The third-order valence-electron chi connectivity index (χ3n) is 1.24. The topological polar surface area (TPSA) is 49.1 Å². The highest BCUT2D eigenvalue weighted by molar-refractivity contribution is 7.91. The molecule has 1 aromatic heterocycles. The monoisotopic (exact) mass is 175 g/mol. The Labute approximate surface area is 67.4 Å². The van der Waals surface area contributed by atoms with E-state index in [-0.39, 0.29) is 0 Å². The van der Waals surface area contributed by atoms with Crippen molar-refractivity contribution in [2.75, 3.05) is 0 Å². The van der Waals surface area contributed by atoms with Gasteiger partial charge in [0.1, 0.15) is 0 Å². The van der Waals surface area contributed by atoms with E-state index < -0.39 is 11.4 Å². The molecule has 0 saturated carbocycles. The molecule has 4 heteroatoms. The Bertz CT molecular complexity index is 209. The van der Waals surface area contributed by atoms with Crippen molar-refractivity contribution in [1.82, 2.24) is 0 Å². The first-order chi connectivity index (χ1) is 4.74. The van der Waals surface area contributed by atoms with Crippen molar-refractivity contribution >= 4 is 22.7 Å². The van der Waals surface area contributed by atoms with Crippen molar-refractivity contribution in [3.63, 3.8) is 0 Å². The smallest absolute Gasteiger partial charge is 0.227 e. The van der Waals surface area contributed by atoms with Crippen molar-refractivity contribution < 1.29 is 4.55 Å². The van der Waals surface area contributed by atoms with E-state index in [0.717, 1.165) is 10.6 Å². The van der Waals surface area contributed by atoms with Gasteiger partial charge in [-0.3, -0.25) is 0 Å². The molecular weight excluding hydrogens is 166 g/mol. The van der Waals surface area contributed by atoms with Gasteiger partial charge >= 0.3 is 0 Å². The lowest BCUT2D eigenvalue weighted by atomic mass is 10.3. The van der Waals surface area contributed by atoms with Gasteiger partial charge in [-0.25, -0.2) is 0 Å². The van der Waals surface area contributed by atoms with Gasteiger partial charge in [0.2, 0.25) is 4.21 Å². The van der Waals surface area contributed by atoms with Crippen molar-refractivity contribution in [3.05, 3.63) is 17.0 Å². The second-order valence-corrected chi connectivity index (χ2v) is 4.13. The molecule has 0 bridgehead atoms. The third-order valence-corrected chi connectivity index (χ3v) is 3.30. The van der Waals surface area contributed by atoms with Crippen LogP contribution in [0.3, 0.4) is 0 Å². The third kappa shape index (κ3) is 1.73. The summed E-state index contributed by atoms with van der Waals surface area (Å²) in [6, 6.07) is 1.89. The molecule has 2 nitrogen and oxygen atoms in total. The van der Waals surface area contributed by atoms with Crippen LogP contribution >= 0.6 is 11.3 Å². The molecule has 1 aromatic rings. The molecule has 1 heterocycles. The van der Waals surface area contributed by atoms with Crippen LogP contribution < -0.4 is 5.14 Å². The summed E-state index contributed by atoms with van der Waals surface area (Å²) in [6.07, 6.45) is 0.980. The number of rotatable bonds is 2. The van der Waals surface area contributed by atoms with Gasteiger partial charge in [0.05, 0.1) is 11.4 Å². The number of hydrogen-bond acceptors (Lipinski definition) is 3. The average Bonchev–Trinajstić information content (AvgIpc) is 2.34. The molecule has 1 atom stereocenters. The largest absolute Gasteiger partial charge is 0.592 e. The molecule has 0 saturated heterocycles. The molecule has 10 heavy (non-hydrogen) atoms. The van der Waals surface area contributed by atoms with Gasteiger partial charge in [0, 0.05) is 6.07 Å². The Balaban J connectivity index is 2.78. The predicted molar refractivity (Wildman–Crippen MR) is 44.3 cm³/mol. The van der Waals surface area contributed by atoms with Gasteiger partial charge in [0.15, 0.2) is 0 Å². The van der Waals surface area contributed by atoms with Crippen LogP contribution in [0, 0.1) is 0 Å². The molecule has 56 valence electrons. The van der Waals surface area contributed by atoms with Crippen LogP contribution in [-0.4, -0.2) is 4.55 Å². The predicted octanol–water partition coefficient (Wildman–Crippen LogP) is 1.29.